The average Bonchev–Trinajstić information content (AvgIpc) is 2.97. The number of nitrogens with zero attached hydrogens (tertiary/aromatic N) is 1. The number of anilines is 1. The van der Waals surface area contributed by atoms with Gasteiger partial charge in [-0.1, -0.05) is 37.3 Å². The Bertz CT molecular complexity index is 838. The van der Waals surface area contributed by atoms with Crippen molar-refractivity contribution in [2.24, 2.45) is 29.6 Å². The van der Waals surface area contributed by atoms with Crippen molar-refractivity contribution in [3.05, 3.63) is 46.5 Å². The van der Waals surface area contributed by atoms with Crippen molar-refractivity contribution >= 4 is 22.4 Å². The lowest BCUT2D eigenvalue weighted by Gasteiger charge is -2.63. The molecule has 3 nitrogen and oxygen atoms in total. The number of aromatic nitrogens is 1. The molecule has 4 aliphatic carbocycles. The van der Waals surface area contributed by atoms with E-state index in [0.29, 0.717) is 18.3 Å². The second-order valence-corrected chi connectivity index (χ2v) is 10.7. The van der Waals surface area contributed by atoms with Gasteiger partial charge in [0.25, 0.3) is 0 Å². The SMILES string of the molecule is Cc1nc(NC(=O)CC2(c3ccccc3)C3CC4CC2CC(C3)C4C)sc1C. The van der Waals surface area contributed by atoms with Crippen LogP contribution in [-0.4, -0.2) is 10.9 Å². The molecule has 4 aliphatic rings. The third-order valence-corrected chi connectivity index (χ3v) is 9.32. The van der Waals surface area contributed by atoms with E-state index in [4.69, 9.17) is 0 Å². The minimum absolute atomic E-state index is 0.000167. The van der Waals surface area contributed by atoms with E-state index < -0.39 is 0 Å². The number of benzene rings is 1. The minimum atomic E-state index is -0.000167. The second-order valence-electron chi connectivity index (χ2n) is 9.51. The molecule has 6 rings (SSSR count). The van der Waals surface area contributed by atoms with Crippen molar-refractivity contribution in [2.45, 2.75) is 58.3 Å². The maximum atomic E-state index is 13.2. The van der Waals surface area contributed by atoms with Gasteiger partial charge in [0.2, 0.25) is 5.91 Å². The van der Waals surface area contributed by atoms with Gasteiger partial charge in [0.05, 0.1) is 5.69 Å². The number of rotatable bonds is 4. The Balaban J connectivity index is 1.47. The number of carbonyl (C=O) groups excluding carboxylic acids is 1. The number of aryl methyl sites for hydroxylation is 2. The number of thiazole rings is 1. The van der Waals surface area contributed by atoms with Crippen molar-refractivity contribution in [3.63, 3.8) is 0 Å². The Labute approximate surface area is 172 Å². The zero-order chi connectivity index (χ0) is 19.5. The first-order valence-corrected chi connectivity index (χ1v) is 11.6. The van der Waals surface area contributed by atoms with Gasteiger partial charge in [-0.2, -0.15) is 0 Å². The lowest BCUT2D eigenvalue weighted by atomic mass is 9.41. The first-order chi connectivity index (χ1) is 13.5. The summed E-state index contributed by atoms with van der Waals surface area (Å²) in [6.45, 7) is 6.54. The van der Waals surface area contributed by atoms with E-state index in [1.807, 2.05) is 6.92 Å². The third-order valence-electron chi connectivity index (χ3n) is 8.33. The Hall–Kier alpha value is -1.68. The quantitative estimate of drug-likeness (QED) is 0.720. The van der Waals surface area contributed by atoms with Crippen LogP contribution in [-0.2, 0) is 10.2 Å². The summed E-state index contributed by atoms with van der Waals surface area (Å²) in [4.78, 5) is 18.9. The highest BCUT2D eigenvalue weighted by atomic mass is 32.1. The van der Waals surface area contributed by atoms with E-state index in [2.05, 4.69) is 54.5 Å². The molecule has 1 amide bonds. The molecule has 1 N–H and O–H groups in total. The van der Waals surface area contributed by atoms with Gasteiger partial charge in [-0.25, -0.2) is 4.98 Å². The minimum Gasteiger partial charge on any atom is -0.302 e. The summed E-state index contributed by atoms with van der Waals surface area (Å²) in [6.07, 6.45) is 5.78. The first-order valence-electron chi connectivity index (χ1n) is 10.8. The fourth-order valence-corrected chi connectivity index (χ4v) is 7.66. The Morgan fingerprint density at radius 3 is 2.25 bits per heavy atom. The molecule has 0 radical (unpaired) electrons. The van der Waals surface area contributed by atoms with Crippen LogP contribution in [0.2, 0.25) is 0 Å². The fourth-order valence-electron chi connectivity index (χ4n) is 6.83. The van der Waals surface area contributed by atoms with Gasteiger partial charge in [0.15, 0.2) is 5.13 Å². The van der Waals surface area contributed by atoms with Crippen LogP contribution in [0.3, 0.4) is 0 Å². The van der Waals surface area contributed by atoms with Crippen LogP contribution >= 0.6 is 11.3 Å². The summed E-state index contributed by atoms with van der Waals surface area (Å²) in [7, 11) is 0. The molecule has 4 saturated carbocycles. The third kappa shape index (κ3) is 2.75. The second kappa shape index (κ2) is 6.69. The van der Waals surface area contributed by atoms with Crippen molar-refractivity contribution < 1.29 is 4.79 Å². The molecular weight excluding hydrogens is 364 g/mol. The van der Waals surface area contributed by atoms with Crippen LogP contribution in [0.15, 0.2) is 30.3 Å². The Morgan fingerprint density at radius 2 is 1.71 bits per heavy atom. The molecule has 28 heavy (non-hydrogen) atoms. The number of carbonyl (C=O) groups is 1. The molecule has 0 atom stereocenters. The van der Waals surface area contributed by atoms with E-state index in [0.717, 1.165) is 28.6 Å². The fraction of sp³-hybridized carbons (Fsp3) is 0.583. The topological polar surface area (TPSA) is 42.0 Å². The van der Waals surface area contributed by atoms with Crippen LogP contribution in [0.4, 0.5) is 5.13 Å². The van der Waals surface area contributed by atoms with E-state index in [1.165, 1.54) is 36.1 Å². The standard InChI is InChI=1S/C24H30N2OS/c1-14-17-9-20-11-18(14)12-21(10-17)24(20,19-7-5-4-6-8-19)13-22(27)26-23-25-15(2)16(3)28-23/h4-8,14,17-18,20-21H,9-13H2,1-3H3,(H,25,26,27). The molecule has 1 aromatic heterocycles. The number of hydrogen-bond donors (Lipinski definition) is 1. The molecule has 148 valence electrons. The van der Waals surface area contributed by atoms with Gasteiger partial charge in [0.1, 0.15) is 0 Å². The number of hydrogen-bond acceptors (Lipinski definition) is 3. The van der Waals surface area contributed by atoms with Gasteiger partial charge in [-0.15, -0.1) is 11.3 Å². The predicted molar refractivity (Wildman–Crippen MR) is 115 cm³/mol. The highest BCUT2D eigenvalue weighted by Crippen LogP contribution is 2.65. The summed E-state index contributed by atoms with van der Waals surface area (Å²) in [6, 6.07) is 10.9. The summed E-state index contributed by atoms with van der Waals surface area (Å²) in [5, 5.41) is 3.88. The van der Waals surface area contributed by atoms with E-state index in [9.17, 15) is 4.79 Å². The van der Waals surface area contributed by atoms with E-state index in [-0.39, 0.29) is 11.3 Å². The van der Waals surface area contributed by atoms with Crippen LogP contribution < -0.4 is 5.32 Å². The summed E-state index contributed by atoms with van der Waals surface area (Å²) in [5.41, 5.74) is 2.40. The van der Waals surface area contributed by atoms with E-state index in [1.54, 1.807) is 11.3 Å². The normalized spacial score (nSPS) is 35.9. The van der Waals surface area contributed by atoms with Crippen LogP contribution in [0.1, 0.15) is 55.2 Å². The maximum absolute atomic E-state index is 13.2. The highest BCUT2D eigenvalue weighted by Gasteiger charge is 2.60. The number of amides is 1. The van der Waals surface area contributed by atoms with Crippen molar-refractivity contribution in [1.29, 1.82) is 0 Å². The Kier molecular flexibility index (Phi) is 4.38. The summed E-state index contributed by atoms with van der Waals surface area (Å²) >= 11 is 1.59. The van der Waals surface area contributed by atoms with Crippen LogP contribution in [0, 0.1) is 43.4 Å². The molecule has 1 aromatic carbocycles. The Morgan fingerprint density at radius 1 is 1.11 bits per heavy atom. The smallest absolute Gasteiger partial charge is 0.227 e. The summed E-state index contributed by atoms with van der Waals surface area (Å²) in [5.74, 6) is 4.02. The van der Waals surface area contributed by atoms with E-state index >= 15 is 0 Å². The van der Waals surface area contributed by atoms with Crippen molar-refractivity contribution in [1.82, 2.24) is 4.98 Å². The van der Waals surface area contributed by atoms with Gasteiger partial charge in [0, 0.05) is 16.7 Å². The molecule has 1 heterocycles. The van der Waals surface area contributed by atoms with Gasteiger partial charge in [-0.05, 0) is 74.7 Å². The zero-order valence-electron chi connectivity index (χ0n) is 17.1. The monoisotopic (exact) mass is 394 g/mol. The molecule has 4 heteroatoms. The highest BCUT2D eigenvalue weighted by molar-refractivity contribution is 7.15. The molecule has 4 fully saturated rings. The van der Waals surface area contributed by atoms with Crippen molar-refractivity contribution in [3.8, 4) is 0 Å². The summed E-state index contributed by atoms with van der Waals surface area (Å²) < 4.78 is 0. The zero-order valence-corrected chi connectivity index (χ0v) is 17.9. The van der Waals surface area contributed by atoms with Gasteiger partial charge >= 0.3 is 0 Å². The van der Waals surface area contributed by atoms with Gasteiger partial charge in [-0.3, -0.25) is 4.79 Å². The van der Waals surface area contributed by atoms with Gasteiger partial charge < -0.3 is 5.32 Å². The molecule has 0 unspecified atom stereocenters. The van der Waals surface area contributed by atoms with Crippen molar-refractivity contribution in [2.75, 3.05) is 5.32 Å². The van der Waals surface area contributed by atoms with Crippen LogP contribution in [0.5, 0.6) is 0 Å². The lowest BCUT2D eigenvalue weighted by molar-refractivity contribution is -0.128. The average molecular weight is 395 g/mol. The molecule has 0 spiro atoms. The van der Waals surface area contributed by atoms with Crippen LogP contribution in [0.25, 0.3) is 0 Å². The largest absolute Gasteiger partial charge is 0.302 e. The lowest BCUT2D eigenvalue weighted by Crippen LogP contribution is -2.59. The first kappa shape index (κ1) is 18.4. The molecular formula is C24H30N2OS. The molecule has 0 aliphatic heterocycles. The number of nitrogens with one attached hydrogen (secondary N) is 1. The molecule has 4 bridgehead atoms. The molecule has 2 aromatic rings. The maximum Gasteiger partial charge on any atom is 0.227 e. The molecule has 0 saturated heterocycles. The predicted octanol–water partition coefficient (Wildman–Crippen LogP) is 5.73.